The van der Waals surface area contributed by atoms with E-state index >= 15 is 0 Å². The minimum Gasteiger partial charge on any atom is -0.370 e. The summed E-state index contributed by atoms with van der Waals surface area (Å²) < 4.78 is 6.24. The molecule has 17 heavy (non-hydrogen) atoms. The number of amides is 1. The van der Waals surface area contributed by atoms with Crippen LogP contribution in [-0.2, 0) is 9.53 Å². The van der Waals surface area contributed by atoms with Crippen LogP contribution in [0.15, 0.2) is 23.7 Å². The van der Waals surface area contributed by atoms with Crippen molar-refractivity contribution in [1.29, 1.82) is 0 Å². The Kier molecular flexibility index (Phi) is 3.89. The van der Waals surface area contributed by atoms with Gasteiger partial charge in [0.05, 0.1) is 6.61 Å². The maximum absolute atomic E-state index is 10.4. The Morgan fingerprint density at radius 2 is 2.41 bits per heavy atom. The van der Waals surface area contributed by atoms with Crippen molar-refractivity contribution in [1.82, 2.24) is 4.98 Å². The van der Waals surface area contributed by atoms with Crippen LogP contribution >= 0.6 is 11.3 Å². The standard InChI is InChI=1S/C11H13N3O2S/c12-10(15)7-16-5-4-14-11-8-2-6-17-9(8)1-3-13-11/h1-3,6H,4-5,7H2,(H2,12,15)(H,13,14). The van der Waals surface area contributed by atoms with E-state index < -0.39 is 5.91 Å². The third-order valence-corrected chi connectivity index (χ3v) is 3.05. The molecule has 0 unspecified atom stereocenters. The molecule has 0 spiro atoms. The number of nitrogens with one attached hydrogen (secondary N) is 1. The van der Waals surface area contributed by atoms with Crippen LogP contribution in [-0.4, -0.2) is 30.6 Å². The number of nitrogens with two attached hydrogens (primary N) is 1. The molecule has 0 atom stereocenters. The molecular formula is C11H13N3O2S. The van der Waals surface area contributed by atoms with Gasteiger partial charge < -0.3 is 15.8 Å². The fourth-order valence-corrected chi connectivity index (χ4v) is 2.23. The summed E-state index contributed by atoms with van der Waals surface area (Å²) in [6.07, 6.45) is 1.77. The zero-order valence-corrected chi connectivity index (χ0v) is 10.00. The van der Waals surface area contributed by atoms with Gasteiger partial charge in [0.25, 0.3) is 0 Å². The summed E-state index contributed by atoms with van der Waals surface area (Å²) in [4.78, 5) is 14.7. The van der Waals surface area contributed by atoms with E-state index in [9.17, 15) is 4.79 Å². The van der Waals surface area contributed by atoms with E-state index in [0.29, 0.717) is 13.2 Å². The Bertz CT molecular complexity index is 512. The molecule has 0 bridgehead atoms. The molecule has 1 amide bonds. The minimum atomic E-state index is -0.455. The van der Waals surface area contributed by atoms with Gasteiger partial charge in [-0.3, -0.25) is 4.79 Å². The largest absolute Gasteiger partial charge is 0.370 e. The van der Waals surface area contributed by atoms with Crippen LogP contribution in [0.3, 0.4) is 0 Å². The lowest BCUT2D eigenvalue weighted by Gasteiger charge is -2.06. The fourth-order valence-electron chi connectivity index (χ4n) is 1.45. The van der Waals surface area contributed by atoms with Crippen LogP contribution in [0.4, 0.5) is 5.82 Å². The molecule has 2 heterocycles. The van der Waals surface area contributed by atoms with E-state index in [4.69, 9.17) is 10.5 Å². The highest BCUT2D eigenvalue weighted by molar-refractivity contribution is 7.17. The highest BCUT2D eigenvalue weighted by Gasteiger charge is 2.02. The van der Waals surface area contributed by atoms with Crippen molar-refractivity contribution in [3.8, 4) is 0 Å². The van der Waals surface area contributed by atoms with Crippen molar-refractivity contribution in [2.45, 2.75) is 0 Å². The Hall–Kier alpha value is -1.66. The van der Waals surface area contributed by atoms with Gasteiger partial charge >= 0.3 is 0 Å². The number of hydrogen-bond donors (Lipinski definition) is 2. The van der Waals surface area contributed by atoms with Gasteiger partial charge in [-0.2, -0.15) is 0 Å². The molecule has 2 aromatic heterocycles. The SMILES string of the molecule is NC(=O)COCCNc1nccc2sccc12. The molecule has 0 fully saturated rings. The number of thiophene rings is 1. The first-order valence-electron chi connectivity index (χ1n) is 5.19. The van der Waals surface area contributed by atoms with E-state index in [1.165, 1.54) is 4.70 Å². The summed E-state index contributed by atoms with van der Waals surface area (Å²) >= 11 is 1.68. The van der Waals surface area contributed by atoms with Gasteiger partial charge in [0.2, 0.25) is 5.91 Å². The second-order valence-electron chi connectivity index (χ2n) is 3.44. The lowest BCUT2D eigenvalue weighted by molar-refractivity contribution is -0.122. The van der Waals surface area contributed by atoms with Crippen molar-refractivity contribution < 1.29 is 9.53 Å². The van der Waals surface area contributed by atoms with Crippen LogP contribution in [0.1, 0.15) is 0 Å². The molecule has 90 valence electrons. The highest BCUT2D eigenvalue weighted by Crippen LogP contribution is 2.25. The van der Waals surface area contributed by atoms with E-state index in [1.807, 2.05) is 17.5 Å². The minimum absolute atomic E-state index is 0.0439. The summed E-state index contributed by atoms with van der Waals surface area (Å²) in [6.45, 7) is 0.970. The maximum Gasteiger partial charge on any atom is 0.243 e. The molecular weight excluding hydrogens is 238 g/mol. The molecule has 3 N–H and O–H groups in total. The lowest BCUT2D eigenvalue weighted by Crippen LogP contribution is -2.20. The van der Waals surface area contributed by atoms with Crippen molar-refractivity contribution in [2.75, 3.05) is 25.1 Å². The summed E-state index contributed by atoms with van der Waals surface area (Å²) in [5.74, 6) is 0.384. The van der Waals surface area contributed by atoms with Crippen LogP contribution in [0.25, 0.3) is 10.1 Å². The monoisotopic (exact) mass is 251 g/mol. The number of aromatic nitrogens is 1. The lowest BCUT2D eigenvalue weighted by atomic mass is 10.3. The van der Waals surface area contributed by atoms with Gasteiger partial charge in [0, 0.05) is 22.8 Å². The third kappa shape index (κ3) is 3.15. The van der Waals surface area contributed by atoms with Crippen molar-refractivity contribution in [2.24, 2.45) is 5.73 Å². The van der Waals surface area contributed by atoms with Gasteiger partial charge in [0.1, 0.15) is 12.4 Å². The van der Waals surface area contributed by atoms with Crippen LogP contribution < -0.4 is 11.1 Å². The second kappa shape index (κ2) is 5.60. The fraction of sp³-hybridized carbons (Fsp3) is 0.273. The van der Waals surface area contributed by atoms with Crippen LogP contribution in [0.2, 0.25) is 0 Å². The van der Waals surface area contributed by atoms with E-state index in [0.717, 1.165) is 11.2 Å². The van der Waals surface area contributed by atoms with E-state index in [2.05, 4.69) is 10.3 Å². The number of nitrogens with zero attached hydrogens (tertiary/aromatic N) is 1. The number of rotatable bonds is 6. The normalized spacial score (nSPS) is 10.6. The highest BCUT2D eigenvalue weighted by atomic mass is 32.1. The molecule has 0 aliphatic heterocycles. The molecule has 0 saturated carbocycles. The average molecular weight is 251 g/mol. The quantitative estimate of drug-likeness (QED) is 0.756. The molecule has 0 aliphatic rings. The zero-order chi connectivity index (χ0) is 12.1. The second-order valence-corrected chi connectivity index (χ2v) is 4.39. The smallest absolute Gasteiger partial charge is 0.243 e. The predicted molar refractivity (Wildman–Crippen MR) is 68.1 cm³/mol. The first-order chi connectivity index (χ1) is 8.27. The molecule has 5 nitrogen and oxygen atoms in total. The molecule has 0 radical (unpaired) electrons. The molecule has 6 heteroatoms. The number of carbonyl (C=O) groups excluding carboxylic acids is 1. The predicted octanol–water partition coefficient (Wildman–Crippen LogP) is 1.21. The Morgan fingerprint density at radius 3 is 3.24 bits per heavy atom. The molecule has 0 aliphatic carbocycles. The molecule has 2 aromatic rings. The summed E-state index contributed by atoms with van der Waals surface area (Å²) in [5.41, 5.74) is 4.95. The number of ether oxygens (including phenoxy) is 1. The maximum atomic E-state index is 10.4. The number of hydrogen-bond acceptors (Lipinski definition) is 5. The number of anilines is 1. The number of carbonyl (C=O) groups is 1. The number of pyridine rings is 1. The van der Waals surface area contributed by atoms with Gasteiger partial charge in [-0.05, 0) is 17.5 Å². The van der Waals surface area contributed by atoms with Crippen molar-refractivity contribution >= 4 is 33.1 Å². The number of fused-ring (bicyclic) bond motifs is 1. The first-order valence-corrected chi connectivity index (χ1v) is 6.07. The van der Waals surface area contributed by atoms with Gasteiger partial charge in [-0.15, -0.1) is 11.3 Å². The van der Waals surface area contributed by atoms with Gasteiger partial charge in [-0.1, -0.05) is 0 Å². The third-order valence-electron chi connectivity index (χ3n) is 2.16. The Labute approximate surface area is 103 Å². The molecule has 0 aromatic carbocycles. The van der Waals surface area contributed by atoms with Crippen molar-refractivity contribution in [3.05, 3.63) is 23.7 Å². The van der Waals surface area contributed by atoms with E-state index in [-0.39, 0.29) is 6.61 Å². The molecule has 2 rings (SSSR count). The van der Waals surface area contributed by atoms with Gasteiger partial charge in [-0.25, -0.2) is 4.98 Å². The Balaban J connectivity index is 1.86. The number of primary amides is 1. The zero-order valence-electron chi connectivity index (χ0n) is 9.18. The summed E-state index contributed by atoms with van der Waals surface area (Å²) in [5, 5.41) is 6.30. The topological polar surface area (TPSA) is 77.2 Å². The molecule has 0 saturated heterocycles. The first kappa shape index (κ1) is 11.8. The Morgan fingerprint density at radius 1 is 1.53 bits per heavy atom. The van der Waals surface area contributed by atoms with Gasteiger partial charge in [0.15, 0.2) is 0 Å². The van der Waals surface area contributed by atoms with Crippen LogP contribution in [0.5, 0.6) is 0 Å². The average Bonchev–Trinajstić information content (AvgIpc) is 2.77. The van der Waals surface area contributed by atoms with Crippen LogP contribution in [0, 0.1) is 0 Å². The summed E-state index contributed by atoms with van der Waals surface area (Å²) in [7, 11) is 0. The van der Waals surface area contributed by atoms with Crippen molar-refractivity contribution in [3.63, 3.8) is 0 Å². The van der Waals surface area contributed by atoms with E-state index in [1.54, 1.807) is 17.5 Å². The summed E-state index contributed by atoms with van der Waals surface area (Å²) in [6, 6.07) is 4.01.